The number of nitrogens with two attached hydrogens (primary N) is 2. The normalized spacial score (nSPS) is 15.7. The number of amides is 1. The van der Waals surface area contributed by atoms with Crippen molar-refractivity contribution in [1.82, 2.24) is 5.43 Å². The molecule has 0 bridgehead atoms. The number of allylic oxidation sites excluding steroid dienone is 1. The number of rotatable bonds is 4. The van der Waals surface area contributed by atoms with E-state index in [1.54, 1.807) is 12.1 Å². The Morgan fingerprint density at radius 3 is 1.96 bits per heavy atom. The smallest absolute Gasteiger partial charge is 0.247 e. The van der Waals surface area contributed by atoms with Crippen LogP contribution in [0, 0.1) is 5.82 Å². The molecule has 0 aromatic heterocycles. The van der Waals surface area contributed by atoms with E-state index in [4.69, 9.17) is 11.6 Å². The summed E-state index contributed by atoms with van der Waals surface area (Å²) in [5, 5.41) is 0. The van der Waals surface area contributed by atoms with Crippen LogP contribution in [0.3, 0.4) is 0 Å². The molecule has 0 saturated heterocycles. The average molecular weight is 339 g/mol. The highest BCUT2D eigenvalue weighted by Gasteiger charge is 2.41. The van der Waals surface area contributed by atoms with Gasteiger partial charge in [-0.3, -0.25) is 20.2 Å². The van der Waals surface area contributed by atoms with Gasteiger partial charge in [-0.05, 0) is 23.8 Å². The summed E-state index contributed by atoms with van der Waals surface area (Å²) in [6, 6.07) is 11.2. The highest BCUT2D eigenvalue weighted by atomic mass is 19.1. The summed E-state index contributed by atoms with van der Waals surface area (Å²) in [5.74, 6) is 3.03. The van der Waals surface area contributed by atoms with Crippen molar-refractivity contribution in [3.8, 4) is 0 Å². The van der Waals surface area contributed by atoms with Gasteiger partial charge in [-0.15, -0.1) is 0 Å². The first kappa shape index (κ1) is 16.7. The Morgan fingerprint density at radius 1 is 1.00 bits per heavy atom. The van der Waals surface area contributed by atoms with E-state index in [0.717, 1.165) is 18.2 Å². The van der Waals surface area contributed by atoms with Crippen LogP contribution in [0.4, 0.5) is 4.39 Å². The van der Waals surface area contributed by atoms with Gasteiger partial charge in [0, 0.05) is 11.1 Å². The molecule has 1 atom stereocenters. The molecule has 5 N–H and O–H groups in total. The van der Waals surface area contributed by atoms with Crippen molar-refractivity contribution in [2.45, 2.75) is 5.54 Å². The first-order chi connectivity index (χ1) is 11.9. The second kappa shape index (κ2) is 6.04. The summed E-state index contributed by atoms with van der Waals surface area (Å²) >= 11 is 0. The molecule has 0 radical (unpaired) electrons. The Hall–Kier alpha value is -3.16. The van der Waals surface area contributed by atoms with Gasteiger partial charge >= 0.3 is 0 Å². The van der Waals surface area contributed by atoms with Gasteiger partial charge in [0.2, 0.25) is 5.91 Å². The van der Waals surface area contributed by atoms with Crippen LogP contribution >= 0.6 is 0 Å². The first-order valence-corrected chi connectivity index (χ1v) is 7.35. The van der Waals surface area contributed by atoms with Crippen LogP contribution in [0.25, 0.3) is 0 Å². The number of hydrazine groups is 1. The maximum Gasteiger partial charge on any atom is 0.247 e. The number of halogens is 1. The minimum absolute atomic E-state index is 0.202. The lowest BCUT2D eigenvalue weighted by atomic mass is 9.86. The zero-order valence-electron chi connectivity index (χ0n) is 13.0. The summed E-state index contributed by atoms with van der Waals surface area (Å²) < 4.78 is 13.2. The van der Waals surface area contributed by atoms with Crippen LogP contribution in [-0.2, 0) is 10.3 Å². The van der Waals surface area contributed by atoms with Gasteiger partial charge in [0.15, 0.2) is 17.1 Å². The Morgan fingerprint density at radius 2 is 1.52 bits per heavy atom. The van der Waals surface area contributed by atoms with E-state index in [2.05, 4.69) is 5.43 Å². The predicted molar refractivity (Wildman–Crippen MR) is 87.8 cm³/mol. The minimum atomic E-state index is -1.84. The topological polar surface area (TPSA) is 115 Å². The van der Waals surface area contributed by atoms with E-state index in [0.29, 0.717) is 0 Å². The van der Waals surface area contributed by atoms with Crippen molar-refractivity contribution in [2.75, 3.05) is 0 Å². The molecule has 1 aliphatic carbocycles. The van der Waals surface area contributed by atoms with Crippen molar-refractivity contribution in [3.05, 3.63) is 82.7 Å². The number of carbonyl (C=O) groups is 3. The Labute approximate surface area is 142 Å². The maximum absolute atomic E-state index is 13.2. The van der Waals surface area contributed by atoms with Gasteiger partial charge in [0.05, 0.1) is 5.57 Å². The zero-order chi connectivity index (χ0) is 18.2. The second-order valence-corrected chi connectivity index (χ2v) is 5.59. The maximum atomic E-state index is 13.2. The fraction of sp³-hybridized carbons (Fsp3) is 0.0556. The van der Waals surface area contributed by atoms with Crippen molar-refractivity contribution in [1.29, 1.82) is 0 Å². The lowest BCUT2D eigenvalue weighted by molar-refractivity contribution is -0.123. The summed E-state index contributed by atoms with van der Waals surface area (Å²) in [4.78, 5) is 37.2. The molecule has 0 spiro atoms. The lowest BCUT2D eigenvalue weighted by Crippen LogP contribution is -2.54. The van der Waals surface area contributed by atoms with Gasteiger partial charge in [-0.1, -0.05) is 36.4 Å². The zero-order valence-corrected chi connectivity index (χ0v) is 13.0. The molecule has 3 rings (SSSR count). The number of carbonyl (C=O) groups excluding carboxylic acids is 3. The van der Waals surface area contributed by atoms with E-state index in [1.807, 2.05) is 0 Å². The van der Waals surface area contributed by atoms with Crippen molar-refractivity contribution >= 4 is 17.5 Å². The SMILES string of the molecule is NNC(C=C1C(=O)c2ccccc2C1=O)(C(N)=O)c1ccc(F)cc1. The van der Waals surface area contributed by atoms with Crippen LogP contribution in [0.15, 0.2) is 60.2 Å². The highest BCUT2D eigenvalue weighted by Crippen LogP contribution is 2.31. The third-order valence-corrected chi connectivity index (χ3v) is 4.18. The summed E-state index contributed by atoms with van der Waals surface area (Å²) in [6.45, 7) is 0. The molecule has 126 valence electrons. The molecule has 25 heavy (non-hydrogen) atoms. The summed E-state index contributed by atoms with van der Waals surface area (Å²) in [7, 11) is 0. The van der Waals surface area contributed by atoms with E-state index >= 15 is 0 Å². The number of Topliss-reactive ketones (excluding diaryl/α,β-unsaturated/α-hetero) is 2. The molecule has 1 aliphatic rings. The Kier molecular flexibility index (Phi) is 4.03. The fourth-order valence-corrected chi connectivity index (χ4v) is 2.83. The van der Waals surface area contributed by atoms with Crippen LogP contribution in [-0.4, -0.2) is 17.5 Å². The van der Waals surface area contributed by atoms with Crippen LogP contribution in [0.1, 0.15) is 26.3 Å². The van der Waals surface area contributed by atoms with E-state index in [1.165, 1.54) is 24.3 Å². The third-order valence-electron chi connectivity index (χ3n) is 4.18. The van der Waals surface area contributed by atoms with Gasteiger partial charge in [0.1, 0.15) is 5.82 Å². The Balaban J connectivity index is 2.18. The molecule has 0 saturated carbocycles. The standard InChI is InChI=1S/C18H14FN3O3/c19-11-7-5-10(6-8-11)18(22-21,17(20)25)9-14-15(23)12-3-1-2-4-13(12)16(14)24/h1-9,22H,21H2,(H2,20,25). The number of fused-ring (bicyclic) bond motifs is 1. The van der Waals surface area contributed by atoms with Crippen LogP contribution < -0.4 is 17.0 Å². The average Bonchev–Trinajstić information content (AvgIpc) is 2.85. The van der Waals surface area contributed by atoms with Gasteiger partial charge < -0.3 is 5.73 Å². The molecule has 1 unspecified atom stereocenters. The number of hydrogen-bond donors (Lipinski definition) is 3. The van der Waals surface area contributed by atoms with E-state index in [9.17, 15) is 18.8 Å². The van der Waals surface area contributed by atoms with Crippen LogP contribution in [0.5, 0.6) is 0 Å². The number of primary amides is 1. The number of ketones is 2. The van der Waals surface area contributed by atoms with Crippen LogP contribution in [0.2, 0.25) is 0 Å². The van der Waals surface area contributed by atoms with Crippen molar-refractivity contribution in [2.24, 2.45) is 11.6 Å². The summed E-state index contributed by atoms with van der Waals surface area (Å²) in [5.41, 5.74) is 6.38. The second-order valence-electron chi connectivity index (χ2n) is 5.59. The number of hydrogen-bond acceptors (Lipinski definition) is 5. The van der Waals surface area contributed by atoms with Crippen molar-refractivity contribution in [3.63, 3.8) is 0 Å². The molecule has 0 heterocycles. The molecular weight excluding hydrogens is 325 g/mol. The van der Waals surface area contributed by atoms with E-state index < -0.39 is 28.8 Å². The number of benzene rings is 2. The van der Waals surface area contributed by atoms with Gasteiger partial charge in [-0.2, -0.15) is 0 Å². The van der Waals surface area contributed by atoms with E-state index in [-0.39, 0.29) is 22.3 Å². The molecule has 1 amide bonds. The van der Waals surface area contributed by atoms with Crippen molar-refractivity contribution < 1.29 is 18.8 Å². The Bertz CT molecular complexity index is 884. The third kappa shape index (κ3) is 2.55. The number of nitrogens with one attached hydrogen (secondary N) is 1. The fourth-order valence-electron chi connectivity index (χ4n) is 2.83. The molecule has 2 aromatic rings. The molecule has 0 aliphatic heterocycles. The highest BCUT2D eigenvalue weighted by molar-refractivity contribution is 6.39. The molecule has 0 fully saturated rings. The molecule has 6 nitrogen and oxygen atoms in total. The monoisotopic (exact) mass is 339 g/mol. The van der Waals surface area contributed by atoms with Gasteiger partial charge in [0.25, 0.3) is 0 Å². The minimum Gasteiger partial charge on any atom is -0.367 e. The molecule has 2 aromatic carbocycles. The molecule has 7 heteroatoms. The largest absolute Gasteiger partial charge is 0.367 e. The lowest BCUT2D eigenvalue weighted by Gasteiger charge is -2.27. The summed E-state index contributed by atoms with van der Waals surface area (Å²) in [6.07, 6.45) is 1.10. The quantitative estimate of drug-likeness (QED) is 0.332. The predicted octanol–water partition coefficient (Wildman–Crippen LogP) is 0.975. The first-order valence-electron chi connectivity index (χ1n) is 7.35. The van der Waals surface area contributed by atoms with Gasteiger partial charge in [-0.25, -0.2) is 9.82 Å². The molecular formula is C18H14FN3O3.